The van der Waals surface area contributed by atoms with Crippen LogP contribution in [0, 0.1) is 0 Å². The van der Waals surface area contributed by atoms with E-state index in [9.17, 15) is 4.79 Å². The van der Waals surface area contributed by atoms with Crippen LogP contribution in [0.4, 0.5) is 0 Å². The first-order valence-corrected chi connectivity index (χ1v) is 5.95. The molecule has 0 saturated carbocycles. The molecule has 0 saturated heterocycles. The molecule has 0 unspecified atom stereocenters. The summed E-state index contributed by atoms with van der Waals surface area (Å²) in [5, 5.41) is 9.75. The van der Waals surface area contributed by atoms with Gasteiger partial charge in [-0.15, -0.1) is 0 Å². The van der Waals surface area contributed by atoms with Gasteiger partial charge in [0.25, 0.3) is 0 Å². The maximum absolute atomic E-state index is 10.8. The van der Waals surface area contributed by atoms with Crippen LogP contribution < -0.4 is 4.74 Å². The molecule has 0 amide bonds. The SMILES string of the molecule is O=C(O)c1ccc(Oc2ncc3ccccc3n2)cc1. The number of carbonyl (C=O) groups is 1. The van der Waals surface area contributed by atoms with Crippen molar-refractivity contribution in [1.82, 2.24) is 9.97 Å². The van der Waals surface area contributed by atoms with Gasteiger partial charge in [-0.1, -0.05) is 18.2 Å². The molecule has 0 aliphatic heterocycles. The van der Waals surface area contributed by atoms with Gasteiger partial charge in [0.05, 0.1) is 11.1 Å². The fourth-order valence-corrected chi connectivity index (χ4v) is 1.78. The molecule has 0 atom stereocenters. The first-order chi connectivity index (χ1) is 9.72. The zero-order chi connectivity index (χ0) is 13.9. The Balaban J connectivity index is 1.87. The third-order valence-corrected chi connectivity index (χ3v) is 2.78. The lowest BCUT2D eigenvalue weighted by Crippen LogP contribution is -1.96. The van der Waals surface area contributed by atoms with Crippen LogP contribution in [0.5, 0.6) is 11.8 Å². The summed E-state index contributed by atoms with van der Waals surface area (Å²) in [6.45, 7) is 0. The van der Waals surface area contributed by atoms with Gasteiger partial charge in [-0.05, 0) is 30.3 Å². The predicted octanol–water partition coefficient (Wildman–Crippen LogP) is 3.12. The lowest BCUT2D eigenvalue weighted by molar-refractivity contribution is 0.0697. The van der Waals surface area contributed by atoms with Gasteiger partial charge in [0, 0.05) is 11.6 Å². The number of carboxylic acids is 1. The van der Waals surface area contributed by atoms with Gasteiger partial charge in [-0.3, -0.25) is 0 Å². The van der Waals surface area contributed by atoms with Crippen LogP contribution in [0.3, 0.4) is 0 Å². The Morgan fingerprint density at radius 2 is 1.80 bits per heavy atom. The van der Waals surface area contributed by atoms with Crippen LogP contribution in [0.25, 0.3) is 10.9 Å². The highest BCUT2D eigenvalue weighted by Gasteiger charge is 2.05. The number of rotatable bonds is 3. The molecule has 3 aromatic rings. The Kier molecular flexibility index (Phi) is 3.01. The van der Waals surface area contributed by atoms with E-state index in [2.05, 4.69) is 9.97 Å². The number of fused-ring (bicyclic) bond motifs is 1. The monoisotopic (exact) mass is 266 g/mol. The Morgan fingerprint density at radius 3 is 2.55 bits per heavy atom. The van der Waals surface area contributed by atoms with Crippen LogP contribution in [0.15, 0.2) is 54.7 Å². The molecule has 1 aromatic heterocycles. The number of ether oxygens (including phenoxy) is 1. The van der Waals surface area contributed by atoms with E-state index in [0.717, 1.165) is 10.9 Å². The maximum Gasteiger partial charge on any atom is 0.335 e. The number of nitrogens with zero attached hydrogens (tertiary/aromatic N) is 2. The number of hydrogen-bond donors (Lipinski definition) is 1. The first-order valence-electron chi connectivity index (χ1n) is 5.95. The maximum atomic E-state index is 10.8. The van der Waals surface area contributed by atoms with Crippen LogP contribution in [0.2, 0.25) is 0 Å². The second kappa shape index (κ2) is 4.97. The molecule has 98 valence electrons. The summed E-state index contributed by atoms with van der Waals surface area (Å²) in [5.74, 6) is -0.483. The van der Waals surface area contributed by atoms with E-state index in [1.165, 1.54) is 12.1 Å². The van der Waals surface area contributed by atoms with Crippen LogP contribution in [0.1, 0.15) is 10.4 Å². The summed E-state index contributed by atoms with van der Waals surface area (Å²) in [6.07, 6.45) is 1.68. The number of carboxylic acid groups (broad SMARTS) is 1. The lowest BCUT2D eigenvalue weighted by Gasteiger charge is -2.04. The summed E-state index contributed by atoms with van der Waals surface area (Å²) in [4.78, 5) is 19.1. The summed E-state index contributed by atoms with van der Waals surface area (Å²) in [5.41, 5.74) is 0.997. The van der Waals surface area contributed by atoms with E-state index in [1.54, 1.807) is 18.3 Å². The predicted molar refractivity (Wildman–Crippen MR) is 73.0 cm³/mol. The van der Waals surface area contributed by atoms with E-state index in [-0.39, 0.29) is 11.6 Å². The van der Waals surface area contributed by atoms with Crippen molar-refractivity contribution in [3.8, 4) is 11.8 Å². The third-order valence-electron chi connectivity index (χ3n) is 2.78. The van der Waals surface area contributed by atoms with Crippen LogP contribution in [-0.2, 0) is 0 Å². The van der Waals surface area contributed by atoms with Crippen molar-refractivity contribution in [3.63, 3.8) is 0 Å². The smallest absolute Gasteiger partial charge is 0.335 e. The van der Waals surface area contributed by atoms with Gasteiger partial charge in [-0.25, -0.2) is 9.78 Å². The Morgan fingerprint density at radius 1 is 1.05 bits per heavy atom. The topological polar surface area (TPSA) is 72.3 Å². The molecular weight excluding hydrogens is 256 g/mol. The molecule has 0 bridgehead atoms. The summed E-state index contributed by atoms with van der Waals surface area (Å²) in [7, 11) is 0. The third kappa shape index (κ3) is 2.42. The molecule has 5 nitrogen and oxygen atoms in total. The summed E-state index contributed by atoms with van der Waals surface area (Å²) < 4.78 is 5.51. The van der Waals surface area contributed by atoms with Gasteiger partial charge < -0.3 is 9.84 Å². The van der Waals surface area contributed by atoms with Crippen molar-refractivity contribution in [1.29, 1.82) is 0 Å². The molecule has 0 spiro atoms. The molecule has 0 aliphatic rings. The number of aromatic nitrogens is 2. The minimum atomic E-state index is -0.974. The number of benzene rings is 2. The van der Waals surface area contributed by atoms with Gasteiger partial charge in [0.15, 0.2) is 0 Å². The minimum Gasteiger partial charge on any atom is -0.478 e. The second-order valence-corrected chi connectivity index (χ2v) is 4.14. The van der Waals surface area contributed by atoms with Gasteiger partial charge in [0.1, 0.15) is 5.75 Å². The van der Waals surface area contributed by atoms with E-state index in [1.807, 2.05) is 24.3 Å². The average Bonchev–Trinajstić information content (AvgIpc) is 2.48. The molecule has 0 radical (unpaired) electrons. The van der Waals surface area contributed by atoms with Crippen LogP contribution in [-0.4, -0.2) is 21.0 Å². The highest BCUT2D eigenvalue weighted by atomic mass is 16.5. The molecule has 20 heavy (non-hydrogen) atoms. The van der Waals surface area contributed by atoms with Crippen molar-refractivity contribution >= 4 is 16.9 Å². The standard InChI is InChI=1S/C15H10N2O3/c18-14(19)10-5-7-12(8-6-10)20-15-16-9-11-3-1-2-4-13(11)17-15/h1-9H,(H,18,19). The average molecular weight is 266 g/mol. The van der Waals surface area contributed by atoms with Crippen molar-refractivity contribution in [2.75, 3.05) is 0 Å². The van der Waals surface area contributed by atoms with Crippen molar-refractivity contribution in [2.45, 2.75) is 0 Å². The Labute approximate surface area is 114 Å². The largest absolute Gasteiger partial charge is 0.478 e. The quantitative estimate of drug-likeness (QED) is 0.788. The minimum absolute atomic E-state index is 0.205. The van der Waals surface area contributed by atoms with Gasteiger partial charge >= 0.3 is 12.0 Å². The molecule has 3 rings (SSSR count). The van der Waals surface area contributed by atoms with E-state index in [0.29, 0.717) is 5.75 Å². The highest BCUT2D eigenvalue weighted by molar-refractivity contribution is 5.87. The molecule has 1 heterocycles. The van der Waals surface area contributed by atoms with Gasteiger partial charge in [-0.2, -0.15) is 4.98 Å². The van der Waals surface area contributed by atoms with Crippen molar-refractivity contribution in [3.05, 3.63) is 60.3 Å². The molecule has 5 heteroatoms. The van der Waals surface area contributed by atoms with E-state index < -0.39 is 5.97 Å². The fourth-order valence-electron chi connectivity index (χ4n) is 1.78. The van der Waals surface area contributed by atoms with Crippen molar-refractivity contribution in [2.24, 2.45) is 0 Å². The molecule has 2 aromatic carbocycles. The van der Waals surface area contributed by atoms with E-state index >= 15 is 0 Å². The molecule has 0 aliphatic carbocycles. The molecular formula is C15H10N2O3. The highest BCUT2D eigenvalue weighted by Crippen LogP contribution is 2.20. The van der Waals surface area contributed by atoms with Gasteiger partial charge in [0.2, 0.25) is 0 Å². The normalized spacial score (nSPS) is 10.4. The second-order valence-electron chi connectivity index (χ2n) is 4.14. The van der Waals surface area contributed by atoms with Crippen LogP contribution >= 0.6 is 0 Å². The Hall–Kier alpha value is -2.95. The Bertz CT molecular complexity index is 769. The summed E-state index contributed by atoms with van der Waals surface area (Å²) in [6, 6.07) is 13.9. The van der Waals surface area contributed by atoms with Crippen molar-refractivity contribution < 1.29 is 14.6 Å². The molecule has 0 fully saturated rings. The zero-order valence-corrected chi connectivity index (χ0v) is 10.4. The first kappa shape index (κ1) is 12.1. The number of para-hydroxylation sites is 1. The molecule has 1 N–H and O–H groups in total. The lowest BCUT2D eigenvalue weighted by atomic mass is 10.2. The number of aromatic carboxylic acids is 1. The number of hydrogen-bond acceptors (Lipinski definition) is 4. The fraction of sp³-hybridized carbons (Fsp3) is 0. The van der Waals surface area contributed by atoms with E-state index in [4.69, 9.17) is 9.84 Å². The zero-order valence-electron chi connectivity index (χ0n) is 10.4. The summed E-state index contributed by atoms with van der Waals surface area (Å²) >= 11 is 0.